The molecule has 0 spiro atoms. The Morgan fingerprint density at radius 2 is 1.88 bits per heavy atom. The van der Waals surface area contributed by atoms with E-state index in [-0.39, 0.29) is 12.0 Å². The van der Waals surface area contributed by atoms with Crippen molar-refractivity contribution in [2.24, 2.45) is 0 Å². The van der Waals surface area contributed by atoms with Crippen LogP contribution in [0, 0.1) is 0 Å². The fourth-order valence-corrected chi connectivity index (χ4v) is 2.76. The minimum Gasteiger partial charge on any atom is -0.489 e. The van der Waals surface area contributed by atoms with E-state index in [0.717, 1.165) is 24.5 Å². The van der Waals surface area contributed by atoms with Gasteiger partial charge in [0.25, 0.3) is 5.91 Å². The van der Waals surface area contributed by atoms with Gasteiger partial charge >= 0.3 is 0 Å². The van der Waals surface area contributed by atoms with Gasteiger partial charge in [-0.3, -0.25) is 4.79 Å². The number of para-hydroxylation sites is 2. The van der Waals surface area contributed by atoms with Gasteiger partial charge in [0.05, 0.1) is 11.8 Å². The van der Waals surface area contributed by atoms with Crippen molar-refractivity contribution in [3.05, 3.63) is 42.2 Å². The number of hydrogen-bond acceptors (Lipinski definition) is 6. The topological polar surface area (TPSA) is 70.6 Å². The first kappa shape index (κ1) is 18.1. The molecular formula is C19H25N5O2. The second-order valence-corrected chi connectivity index (χ2v) is 6.65. The lowest BCUT2D eigenvalue weighted by Gasteiger charge is -2.32. The summed E-state index contributed by atoms with van der Waals surface area (Å²) < 4.78 is 5.80. The van der Waals surface area contributed by atoms with Crippen LogP contribution in [-0.4, -0.2) is 65.0 Å². The molecule has 26 heavy (non-hydrogen) atoms. The van der Waals surface area contributed by atoms with Crippen LogP contribution < -0.4 is 10.1 Å². The summed E-state index contributed by atoms with van der Waals surface area (Å²) in [6, 6.07) is 9.27. The molecule has 2 heterocycles. The van der Waals surface area contributed by atoms with Gasteiger partial charge in [0, 0.05) is 32.4 Å². The number of carbonyl (C=O) groups excluding carboxylic acids is 1. The Kier molecular flexibility index (Phi) is 5.68. The van der Waals surface area contributed by atoms with E-state index in [9.17, 15) is 4.79 Å². The van der Waals surface area contributed by atoms with Gasteiger partial charge in [0.15, 0.2) is 0 Å². The molecule has 1 amide bonds. The lowest BCUT2D eigenvalue weighted by molar-refractivity contribution is 0.0658. The molecule has 138 valence electrons. The number of aromatic nitrogens is 2. The zero-order chi connectivity index (χ0) is 18.5. The Balaban J connectivity index is 1.75. The van der Waals surface area contributed by atoms with Crippen LogP contribution in [0.25, 0.3) is 0 Å². The molecule has 0 unspecified atom stereocenters. The summed E-state index contributed by atoms with van der Waals surface area (Å²) in [4.78, 5) is 25.4. The summed E-state index contributed by atoms with van der Waals surface area (Å²) in [6.07, 6.45) is 1.66. The van der Waals surface area contributed by atoms with Gasteiger partial charge in [-0.05, 0) is 39.1 Å². The average molecular weight is 355 g/mol. The highest BCUT2D eigenvalue weighted by atomic mass is 16.5. The maximum Gasteiger partial charge on any atom is 0.272 e. The molecule has 1 aliphatic heterocycles. The maximum atomic E-state index is 12.7. The number of hydrogen-bond donors (Lipinski definition) is 1. The second kappa shape index (κ2) is 8.14. The minimum absolute atomic E-state index is 0.0593. The summed E-state index contributed by atoms with van der Waals surface area (Å²) in [6.45, 7) is 7.13. The number of anilines is 2. The molecule has 7 nitrogen and oxygen atoms in total. The predicted octanol–water partition coefficient (Wildman–Crippen LogP) is 2.40. The number of rotatable bonds is 5. The smallest absolute Gasteiger partial charge is 0.272 e. The first-order chi connectivity index (χ1) is 12.5. The molecule has 3 rings (SSSR count). The van der Waals surface area contributed by atoms with Crippen molar-refractivity contribution in [3.8, 4) is 5.75 Å². The molecule has 0 atom stereocenters. The van der Waals surface area contributed by atoms with Crippen LogP contribution in [0.3, 0.4) is 0 Å². The molecule has 1 N–H and O–H groups in total. The van der Waals surface area contributed by atoms with Crippen molar-refractivity contribution < 1.29 is 9.53 Å². The lowest BCUT2D eigenvalue weighted by Crippen LogP contribution is -2.47. The largest absolute Gasteiger partial charge is 0.489 e. The van der Waals surface area contributed by atoms with Crippen LogP contribution in [0.5, 0.6) is 5.75 Å². The Morgan fingerprint density at radius 3 is 2.62 bits per heavy atom. The molecule has 1 aromatic heterocycles. The zero-order valence-corrected chi connectivity index (χ0v) is 15.5. The fraction of sp³-hybridized carbons (Fsp3) is 0.421. The predicted molar refractivity (Wildman–Crippen MR) is 101 cm³/mol. The molecule has 1 aromatic carbocycles. The number of nitrogens with zero attached hydrogens (tertiary/aromatic N) is 4. The lowest BCUT2D eigenvalue weighted by atomic mass is 10.2. The number of benzene rings is 1. The van der Waals surface area contributed by atoms with Crippen LogP contribution in [-0.2, 0) is 0 Å². The van der Waals surface area contributed by atoms with Crippen molar-refractivity contribution >= 4 is 17.5 Å². The van der Waals surface area contributed by atoms with E-state index in [4.69, 9.17) is 4.74 Å². The number of amides is 1. The fourth-order valence-electron chi connectivity index (χ4n) is 2.76. The van der Waals surface area contributed by atoms with Gasteiger partial charge in [-0.2, -0.15) is 0 Å². The van der Waals surface area contributed by atoms with Gasteiger partial charge in [0.2, 0.25) is 5.95 Å². The van der Waals surface area contributed by atoms with E-state index >= 15 is 0 Å². The average Bonchev–Trinajstić information content (AvgIpc) is 2.63. The Bertz CT molecular complexity index is 757. The first-order valence-electron chi connectivity index (χ1n) is 8.86. The van der Waals surface area contributed by atoms with Crippen molar-refractivity contribution in [3.63, 3.8) is 0 Å². The molecule has 2 aromatic rings. The van der Waals surface area contributed by atoms with Gasteiger partial charge < -0.3 is 19.9 Å². The SMILES string of the molecule is CC(C)Oc1ccccc1Nc1nccc(C(=O)N2CCN(C)CC2)n1. The molecule has 1 fully saturated rings. The Morgan fingerprint density at radius 1 is 1.15 bits per heavy atom. The van der Waals surface area contributed by atoms with Crippen LogP contribution in [0.2, 0.25) is 0 Å². The maximum absolute atomic E-state index is 12.7. The molecule has 0 saturated carbocycles. The third kappa shape index (κ3) is 4.49. The second-order valence-electron chi connectivity index (χ2n) is 6.65. The third-order valence-electron chi connectivity index (χ3n) is 4.16. The molecule has 1 saturated heterocycles. The van der Waals surface area contributed by atoms with E-state index < -0.39 is 0 Å². The highest BCUT2D eigenvalue weighted by molar-refractivity contribution is 5.92. The summed E-state index contributed by atoms with van der Waals surface area (Å²) in [7, 11) is 2.06. The Labute approximate surface area is 154 Å². The van der Waals surface area contributed by atoms with Crippen LogP contribution in [0.1, 0.15) is 24.3 Å². The van der Waals surface area contributed by atoms with Crippen molar-refractivity contribution in [2.75, 3.05) is 38.5 Å². The van der Waals surface area contributed by atoms with Gasteiger partial charge in [-0.25, -0.2) is 9.97 Å². The quantitative estimate of drug-likeness (QED) is 0.888. The number of carbonyl (C=O) groups is 1. The van der Waals surface area contributed by atoms with Crippen molar-refractivity contribution in [1.29, 1.82) is 0 Å². The molecule has 1 aliphatic rings. The summed E-state index contributed by atoms with van der Waals surface area (Å²) in [5.41, 5.74) is 1.17. The molecule has 0 bridgehead atoms. The van der Waals surface area contributed by atoms with E-state index in [1.165, 1.54) is 0 Å². The summed E-state index contributed by atoms with van der Waals surface area (Å²) >= 11 is 0. The normalized spacial score (nSPS) is 15.2. The number of ether oxygens (including phenoxy) is 1. The van der Waals surface area contributed by atoms with Crippen molar-refractivity contribution in [2.45, 2.75) is 20.0 Å². The van der Waals surface area contributed by atoms with E-state index in [1.54, 1.807) is 12.3 Å². The number of likely N-dealkylation sites (N-methyl/N-ethyl adjacent to an activating group) is 1. The van der Waals surface area contributed by atoms with E-state index in [2.05, 4.69) is 27.2 Å². The molecular weight excluding hydrogens is 330 g/mol. The Hall–Kier alpha value is -2.67. The molecule has 0 aliphatic carbocycles. The van der Waals surface area contributed by atoms with Gasteiger partial charge in [-0.1, -0.05) is 12.1 Å². The van der Waals surface area contributed by atoms with Crippen LogP contribution in [0.15, 0.2) is 36.5 Å². The number of nitrogens with one attached hydrogen (secondary N) is 1. The van der Waals surface area contributed by atoms with Crippen molar-refractivity contribution in [1.82, 2.24) is 19.8 Å². The monoisotopic (exact) mass is 355 g/mol. The third-order valence-corrected chi connectivity index (χ3v) is 4.16. The highest BCUT2D eigenvalue weighted by Gasteiger charge is 2.21. The van der Waals surface area contributed by atoms with E-state index in [0.29, 0.717) is 24.7 Å². The first-order valence-corrected chi connectivity index (χ1v) is 8.86. The van der Waals surface area contributed by atoms with Crippen LogP contribution in [0.4, 0.5) is 11.6 Å². The standard InChI is InChI=1S/C19H25N5O2/c1-14(2)26-17-7-5-4-6-15(17)21-19-20-9-8-16(22-19)18(25)24-12-10-23(3)11-13-24/h4-9,14H,10-13H2,1-3H3,(H,20,21,22). The van der Waals surface area contributed by atoms with Gasteiger partial charge in [-0.15, -0.1) is 0 Å². The van der Waals surface area contributed by atoms with Crippen LogP contribution >= 0.6 is 0 Å². The van der Waals surface area contributed by atoms with Gasteiger partial charge in [0.1, 0.15) is 11.4 Å². The van der Waals surface area contributed by atoms with E-state index in [1.807, 2.05) is 43.0 Å². The highest BCUT2D eigenvalue weighted by Crippen LogP contribution is 2.27. The molecule has 7 heteroatoms. The summed E-state index contributed by atoms with van der Waals surface area (Å²) in [5.74, 6) is 1.04. The molecule has 0 radical (unpaired) electrons. The number of piperazine rings is 1. The zero-order valence-electron chi connectivity index (χ0n) is 15.5. The summed E-state index contributed by atoms with van der Waals surface area (Å²) in [5, 5.41) is 3.16. The minimum atomic E-state index is -0.0599.